The SMILES string of the molecule is Cc1nc(Cl)c(Cl)nc1N.N=C(N)c1nc(Cl)c(NCC(=O)O)nc1N.O=C=O.[C-]#[N+]c1nc(Cl)c(Cl)nc1N.[C-]#[N+]c1nc(Cl)c(NCC(=O)O)nc1N. The summed E-state index contributed by atoms with van der Waals surface area (Å²) in [6.45, 7) is 14.3. The third kappa shape index (κ3) is 17.3. The zero-order valence-corrected chi connectivity index (χ0v) is 31.6. The second kappa shape index (κ2) is 24.0. The Morgan fingerprint density at radius 1 is 0.655 bits per heavy atom. The highest BCUT2D eigenvalue weighted by Gasteiger charge is 2.14. The lowest BCUT2D eigenvalue weighted by Crippen LogP contribution is -2.19. The maximum Gasteiger partial charge on any atom is 0.373 e. The summed E-state index contributed by atoms with van der Waals surface area (Å²) in [7, 11) is 0. The number of aliphatic carboxylic acids is 2. The lowest BCUT2D eigenvalue weighted by Gasteiger charge is -2.08. The molecule has 15 N–H and O–H groups in total. The number of carboxylic acid groups (broad SMARTS) is 2. The number of carboxylic acids is 2. The molecule has 0 bridgehead atoms. The zero-order chi connectivity index (χ0) is 42.6. The number of carbonyl (C=O) groups is 2. The average Bonchev–Trinajstić information content (AvgIpc) is 3.10. The maximum absolute atomic E-state index is 10.3. The van der Waals surface area contributed by atoms with E-state index in [1.54, 1.807) is 6.92 Å². The van der Waals surface area contributed by atoms with E-state index in [-0.39, 0.29) is 102 Å². The van der Waals surface area contributed by atoms with Gasteiger partial charge >= 0.3 is 29.7 Å². The van der Waals surface area contributed by atoms with E-state index in [0.717, 1.165) is 0 Å². The second-order valence-corrected chi connectivity index (χ2v) is 10.8. The van der Waals surface area contributed by atoms with Crippen LogP contribution in [0.1, 0.15) is 11.4 Å². The highest BCUT2D eigenvalue weighted by Crippen LogP contribution is 2.26. The fourth-order valence-electron chi connectivity index (χ4n) is 2.64. The molecule has 24 nitrogen and oxygen atoms in total. The van der Waals surface area contributed by atoms with Gasteiger partial charge in [0.05, 0.1) is 5.69 Å². The van der Waals surface area contributed by atoms with Crippen LogP contribution in [-0.4, -0.2) is 87.1 Å². The Morgan fingerprint density at radius 3 is 1.40 bits per heavy atom. The Morgan fingerprint density at radius 2 is 1.00 bits per heavy atom. The number of amidine groups is 1. The molecule has 0 spiro atoms. The molecule has 0 aromatic carbocycles. The Bertz CT molecular complexity index is 2110. The summed E-state index contributed by atoms with van der Waals surface area (Å²) < 4.78 is 0. The van der Waals surface area contributed by atoms with Crippen molar-refractivity contribution in [2.75, 3.05) is 46.7 Å². The smallest absolute Gasteiger partial charge is 0.373 e. The van der Waals surface area contributed by atoms with E-state index in [4.69, 9.17) is 137 Å². The van der Waals surface area contributed by atoms with Crippen LogP contribution in [0, 0.1) is 25.5 Å². The molecule has 0 amide bonds. The van der Waals surface area contributed by atoms with Crippen LogP contribution < -0.4 is 39.3 Å². The normalized spacial score (nSPS) is 9.18. The zero-order valence-electron chi connectivity index (χ0n) is 27.1. The van der Waals surface area contributed by atoms with E-state index in [9.17, 15) is 9.59 Å². The number of halogens is 6. The topological polar surface area (TPSA) is 399 Å². The van der Waals surface area contributed by atoms with Gasteiger partial charge in [-0.05, 0) is 30.1 Å². The molecule has 4 heterocycles. The number of aromatic nitrogens is 8. The van der Waals surface area contributed by atoms with Crippen molar-refractivity contribution >= 4 is 140 Å². The van der Waals surface area contributed by atoms with E-state index in [1.807, 2.05) is 0 Å². The van der Waals surface area contributed by atoms with Gasteiger partial charge in [0.2, 0.25) is 0 Å². The molecule has 0 fully saturated rings. The quantitative estimate of drug-likeness (QED) is 0.0723. The number of rotatable bonds is 7. The molecule has 0 saturated carbocycles. The first kappa shape index (κ1) is 48.6. The number of anilines is 6. The molecule has 0 saturated heterocycles. The molecule has 4 aromatic heterocycles. The van der Waals surface area contributed by atoms with Gasteiger partial charge in [-0.15, -0.1) is 9.97 Å². The summed E-state index contributed by atoms with van der Waals surface area (Å²) in [6, 6.07) is 0. The van der Waals surface area contributed by atoms with Gasteiger partial charge in [0.1, 0.15) is 30.4 Å². The van der Waals surface area contributed by atoms with Gasteiger partial charge in [-0.1, -0.05) is 59.5 Å². The third-order valence-electron chi connectivity index (χ3n) is 4.87. The Labute approximate surface area is 337 Å². The summed E-state index contributed by atoms with van der Waals surface area (Å²) >= 11 is 33.3. The van der Waals surface area contributed by atoms with Crippen molar-refractivity contribution in [1.29, 1.82) is 5.41 Å². The van der Waals surface area contributed by atoms with Crippen LogP contribution in [0.25, 0.3) is 9.69 Å². The van der Waals surface area contributed by atoms with Gasteiger partial charge in [0, 0.05) is 0 Å². The number of aryl methyl sites for hydroxylation is 1. The van der Waals surface area contributed by atoms with Crippen molar-refractivity contribution in [3.8, 4) is 0 Å². The van der Waals surface area contributed by atoms with Crippen molar-refractivity contribution < 1.29 is 29.4 Å². The third-order valence-corrected chi connectivity index (χ3v) is 6.64. The van der Waals surface area contributed by atoms with E-state index in [1.165, 1.54) is 0 Å². The Hall–Kier alpha value is -6.37. The molecule has 0 aliphatic heterocycles. The summed E-state index contributed by atoms with van der Waals surface area (Å²) in [4.78, 5) is 72.3. The number of nitrogens with one attached hydrogen (secondary N) is 3. The minimum Gasteiger partial charge on any atom is -0.480 e. The molecule has 290 valence electrons. The van der Waals surface area contributed by atoms with Gasteiger partial charge in [-0.25, -0.2) is 29.9 Å². The summed E-state index contributed by atoms with van der Waals surface area (Å²) in [5.41, 5.74) is 27.2. The van der Waals surface area contributed by atoms with Gasteiger partial charge in [-0.3, -0.25) is 15.0 Å². The van der Waals surface area contributed by atoms with E-state index >= 15 is 0 Å². The van der Waals surface area contributed by atoms with Crippen molar-refractivity contribution in [3.63, 3.8) is 0 Å². The molecular formula is C25H22Cl6N18O6. The van der Waals surface area contributed by atoms with Crippen LogP contribution in [-0.2, 0) is 19.2 Å². The summed E-state index contributed by atoms with van der Waals surface area (Å²) in [5.74, 6) is -2.45. The number of nitrogens with two attached hydrogens (primary N) is 5. The van der Waals surface area contributed by atoms with Crippen LogP contribution in [0.5, 0.6) is 0 Å². The summed E-state index contributed by atoms with van der Waals surface area (Å²) in [6.07, 6.45) is 0.250. The van der Waals surface area contributed by atoms with Crippen molar-refractivity contribution in [3.05, 3.63) is 65.1 Å². The first-order chi connectivity index (χ1) is 25.6. The molecule has 0 aliphatic rings. The lowest BCUT2D eigenvalue weighted by atomic mass is 10.4. The minimum absolute atomic E-state index is 0.00519. The maximum atomic E-state index is 10.3. The fourth-order valence-corrected chi connectivity index (χ4v) is 3.58. The largest absolute Gasteiger partial charge is 0.480 e. The van der Waals surface area contributed by atoms with Gasteiger partial charge in [-0.2, -0.15) is 9.59 Å². The highest BCUT2D eigenvalue weighted by molar-refractivity contribution is 6.41. The van der Waals surface area contributed by atoms with Crippen LogP contribution in [0.15, 0.2) is 0 Å². The van der Waals surface area contributed by atoms with E-state index < -0.39 is 11.9 Å². The van der Waals surface area contributed by atoms with Gasteiger partial charge < -0.3 is 59.2 Å². The first-order valence-electron chi connectivity index (χ1n) is 13.2. The van der Waals surface area contributed by atoms with Crippen LogP contribution in [0.2, 0.25) is 30.9 Å². The predicted octanol–water partition coefficient (Wildman–Crippen LogP) is 3.26. The van der Waals surface area contributed by atoms with Crippen molar-refractivity contribution in [1.82, 2.24) is 39.9 Å². The van der Waals surface area contributed by atoms with E-state index in [0.29, 0.717) is 11.5 Å². The number of hydrogen-bond acceptors (Lipinski definition) is 19. The molecule has 0 unspecified atom stereocenters. The Kier molecular flexibility index (Phi) is 21.3. The molecule has 30 heteroatoms. The summed E-state index contributed by atoms with van der Waals surface area (Å²) in [5, 5.41) is 29.0. The second-order valence-electron chi connectivity index (χ2n) is 8.67. The minimum atomic E-state index is -1.08. The number of hydrogen-bond donors (Lipinski definition) is 10. The van der Waals surface area contributed by atoms with Gasteiger partial charge in [0.25, 0.3) is 10.3 Å². The van der Waals surface area contributed by atoms with E-state index in [2.05, 4.69) is 60.2 Å². The fraction of sp³-hybridized carbons (Fsp3) is 0.120. The van der Waals surface area contributed by atoms with Crippen molar-refractivity contribution in [2.45, 2.75) is 6.92 Å². The van der Waals surface area contributed by atoms with Crippen molar-refractivity contribution in [2.24, 2.45) is 5.73 Å². The average molecular weight is 883 g/mol. The number of nitrogen functional groups attached to an aromatic ring is 5. The van der Waals surface area contributed by atoms with Gasteiger partial charge in [0.15, 0.2) is 49.7 Å². The molecule has 55 heavy (non-hydrogen) atoms. The molecular weight excluding hydrogens is 861 g/mol. The molecule has 0 radical (unpaired) electrons. The molecule has 4 aromatic rings. The molecule has 0 aliphatic carbocycles. The number of carbonyl (C=O) groups excluding carboxylic acids is 2. The standard InChI is InChI=1S/C7H9ClN6O2.C7H6ClN5O2.C5H2Cl2N4.C5H5Cl2N3.CO2/c8-4-7(12-1-2(15)16)14-6(11)3(13-4)5(9)10;1-10-7-5(9)13-6(4(8)12-7)11-2-3(14)15;1-9-5-4(8)10-2(6)3(7)11-5;1-2-5(8)10-4(7)3(6)9-2;2-1-3/h1H2,(H3,9,10)(H,15,16)(H3,11,12,14);2H2,(H,14,15)(H3,9,11,13);(H2,8,10);1H3,(H2,8,10);. The highest BCUT2D eigenvalue weighted by atomic mass is 35.5. The van der Waals surface area contributed by atoms with Crippen LogP contribution in [0.4, 0.5) is 46.5 Å². The molecule has 4 rings (SSSR count). The number of nitrogens with zero attached hydrogens (tertiary/aromatic N) is 10. The monoisotopic (exact) mass is 880 g/mol. The Balaban J connectivity index is 0.000000700. The lowest BCUT2D eigenvalue weighted by molar-refractivity contribution is -0.191. The molecule has 0 atom stereocenters. The van der Waals surface area contributed by atoms with Crippen LogP contribution in [0.3, 0.4) is 0 Å². The predicted molar refractivity (Wildman–Crippen MR) is 201 cm³/mol. The van der Waals surface area contributed by atoms with Crippen LogP contribution >= 0.6 is 69.6 Å². The first-order valence-corrected chi connectivity index (χ1v) is 15.5.